The SMILES string of the molecule is C.C=C(C)C(=O)OC.C=C(C)C(=O)OC. The number of carbonyl (C=O) groups is 2. The van der Waals surface area contributed by atoms with E-state index in [2.05, 4.69) is 22.6 Å². The molecule has 0 aliphatic carbocycles. The lowest BCUT2D eigenvalue weighted by Gasteiger charge is -1.91. The summed E-state index contributed by atoms with van der Waals surface area (Å²) in [4.78, 5) is 20.4. The van der Waals surface area contributed by atoms with Gasteiger partial charge in [0, 0.05) is 11.1 Å². The van der Waals surface area contributed by atoms with Gasteiger partial charge in [0.1, 0.15) is 0 Å². The van der Waals surface area contributed by atoms with E-state index in [0.29, 0.717) is 11.1 Å². The normalized spacial score (nSPS) is 7.20. The predicted octanol–water partition coefficient (Wildman–Crippen LogP) is 2.11. The second-order valence-electron chi connectivity index (χ2n) is 2.54. The van der Waals surface area contributed by atoms with Gasteiger partial charge in [-0.2, -0.15) is 0 Å². The third kappa shape index (κ3) is 12.4. The lowest BCUT2D eigenvalue weighted by molar-refractivity contribution is -0.136. The van der Waals surface area contributed by atoms with Gasteiger partial charge in [-0.15, -0.1) is 0 Å². The summed E-state index contributed by atoms with van der Waals surface area (Å²) in [7, 11) is 2.66. The molecule has 4 heteroatoms. The van der Waals surface area contributed by atoms with Crippen LogP contribution in [0.25, 0.3) is 0 Å². The highest BCUT2D eigenvalue weighted by atomic mass is 16.5. The number of ether oxygens (including phenoxy) is 2. The molecule has 0 atom stereocenters. The van der Waals surface area contributed by atoms with Crippen molar-refractivity contribution in [1.29, 1.82) is 0 Å². The maximum absolute atomic E-state index is 10.2. The number of carbonyl (C=O) groups excluding carboxylic acids is 2. The predicted molar refractivity (Wildman–Crippen MR) is 60.4 cm³/mol. The van der Waals surface area contributed by atoms with E-state index in [1.54, 1.807) is 13.8 Å². The molecule has 0 aromatic carbocycles. The Balaban J connectivity index is -0.000000180. The Bertz CT molecular complexity index is 215. The van der Waals surface area contributed by atoms with Crippen molar-refractivity contribution in [3.8, 4) is 0 Å². The zero-order valence-corrected chi connectivity index (χ0v) is 9.05. The standard InChI is InChI=1S/2C5H8O2.CH4/c2*1-4(2)5(6)7-3;/h2*1H2,2-3H3;1H4. The van der Waals surface area contributed by atoms with E-state index in [1.807, 2.05) is 0 Å². The van der Waals surface area contributed by atoms with Crippen LogP contribution in [0.15, 0.2) is 24.3 Å². The Hall–Kier alpha value is -1.58. The van der Waals surface area contributed by atoms with Crippen LogP contribution in [-0.4, -0.2) is 26.2 Å². The molecular weight excluding hydrogens is 196 g/mol. The summed E-state index contributed by atoms with van der Waals surface area (Å²) in [5.74, 6) is -0.694. The molecule has 0 N–H and O–H groups in total. The molecule has 4 nitrogen and oxygen atoms in total. The van der Waals surface area contributed by atoms with Gasteiger partial charge in [-0.1, -0.05) is 20.6 Å². The monoisotopic (exact) mass is 216 g/mol. The topological polar surface area (TPSA) is 52.6 Å². The molecule has 0 aromatic rings. The molecule has 0 unspecified atom stereocenters. The first kappa shape index (κ1) is 19.1. The third-order valence-corrected chi connectivity index (χ3v) is 1.07. The number of methoxy groups -OCH3 is 2. The third-order valence-electron chi connectivity index (χ3n) is 1.07. The molecule has 0 amide bonds. The van der Waals surface area contributed by atoms with Crippen molar-refractivity contribution in [1.82, 2.24) is 0 Å². The second-order valence-corrected chi connectivity index (χ2v) is 2.54. The molecule has 0 aromatic heterocycles. The molecule has 88 valence electrons. The molecule has 0 saturated heterocycles. The molecular formula is C11H20O4. The van der Waals surface area contributed by atoms with E-state index in [9.17, 15) is 9.59 Å². The van der Waals surface area contributed by atoms with E-state index in [0.717, 1.165) is 0 Å². The minimum atomic E-state index is -0.347. The molecule has 15 heavy (non-hydrogen) atoms. The van der Waals surface area contributed by atoms with Gasteiger partial charge in [0.15, 0.2) is 0 Å². The Morgan fingerprint density at radius 3 is 1.07 bits per heavy atom. The lowest BCUT2D eigenvalue weighted by Crippen LogP contribution is -1.98. The van der Waals surface area contributed by atoms with Crippen LogP contribution in [0.3, 0.4) is 0 Å². The van der Waals surface area contributed by atoms with Gasteiger partial charge < -0.3 is 9.47 Å². The fraction of sp³-hybridized carbons (Fsp3) is 0.455. The Kier molecular flexibility index (Phi) is 13.3. The maximum Gasteiger partial charge on any atom is 0.332 e. The zero-order valence-electron chi connectivity index (χ0n) is 9.05. The maximum atomic E-state index is 10.2. The summed E-state index contributed by atoms with van der Waals surface area (Å²) in [6.07, 6.45) is 0. The van der Waals surface area contributed by atoms with Gasteiger partial charge in [-0.05, 0) is 13.8 Å². The van der Waals surface area contributed by atoms with Gasteiger partial charge >= 0.3 is 11.9 Å². The summed E-state index contributed by atoms with van der Waals surface area (Å²) in [5, 5.41) is 0. The molecule has 0 spiro atoms. The van der Waals surface area contributed by atoms with Gasteiger partial charge in [-0.25, -0.2) is 9.59 Å². The minimum absolute atomic E-state index is 0. The lowest BCUT2D eigenvalue weighted by atomic mass is 10.4. The highest BCUT2D eigenvalue weighted by Gasteiger charge is 1.96. The molecule has 0 radical (unpaired) electrons. The highest BCUT2D eigenvalue weighted by molar-refractivity contribution is 5.87. The van der Waals surface area contributed by atoms with E-state index >= 15 is 0 Å². The first-order valence-corrected chi connectivity index (χ1v) is 3.84. The van der Waals surface area contributed by atoms with Crippen LogP contribution in [-0.2, 0) is 19.1 Å². The molecule has 0 heterocycles. The first-order valence-electron chi connectivity index (χ1n) is 3.84. The molecule has 0 aliphatic rings. The largest absolute Gasteiger partial charge is 0.466 e. The van der Waals surface area contributed by atoms with Crippen molar-refractivity contribution in [3.63, 3.8) is 0 Å². The Morgan fingerprint density at radius 1 is 0.867 bits per heavy atom. The molecule has 0 rings (SSSR count). The van der Waals surface area contributed by atoms with Gasteiger partial charge in [-0.3, -0.25) is 0 Å². The van der Waals surface area contributed by atoms with Crippen LogP contribution in [0.5, 0.6) is 0 Å². The van der Waals surface area contributed by atoms with Crippen molar-refractivity contribution < 1.29 is 19.1 Å². The molecule has 0 aliphatic heterocycles. The highest BCUT2D eigenvalue weighted by Crippen LogP contribution is 1.87. The Labute approximate surface area is 91.6 Å². The average molecular weight is 216 g/mol. The second kappa shape index (κ2) is 10.5. The van der Waals surface area contributed by atoms with E-state index in [1.165, 1.54) is 14.2 Å². The van der Waals surface area contributed by atoms with E-state index < -0.39 is 0 Å². The van der Waals surface area contributed by atoms with Crippen molar-refractivity contribution >= 4 is 11.9 Å². The molecule has 0 saturated carbocycles. The summed E-state index contributed by atoms with van der Waals surface area (Å²) in [6, 6.07) is 0. The van der Waals surface area contributed by atoms with Gasteiger partial charge in [0.05, 0.1) is 14.2 Å². The Morgan fingerprint density at radius 2 is 1.07 bits per heavy atom. The van der Waals surface area contributed by atoms with Crippen molar-refractivity contribution in [3.05, 3.63) is 24.3 Å². The van der Waals surface area contributed by atoms with Crippen molar-refractivity contribution in [2.75, 3.05) is 14.2 Å². The van der Waals surface area contributed by atoms with Gasteiger partial charge in [0.2, 0.25) is 0 Å². The fourth-order valence-electron chi connectivity index (χ4n) is 0.348. The number of hydrogen-bond donors (Lipinski definition) is 0. The van der Waals surface area contributed by atoms with Gasteiger partial charge in [0.25, 0.3) is 0 Å². The van der Waals surface area contributed by atoms with E-state index in [-0.39, 0.29) is 19.4 Å². The average Bonchev–Trinajstić information content (AvgIpc) is 2.15. The van der Waals surface area contributed by atoms with Crippen LogP contribution in [0.4, 0.5) is 0 Å². The summed E-state index contributed by atoms with van der Waals surface area (Å²) in [5.41, 5.74) is 0.866. The van der Waals surface area contributed by atoms with E-state index in [4.69, 9.17) is 0 Å². The molecule has 0 bridgehead atoms. The smallest absolute Gasteiger partial charge is 0.332 e. The van der Waals surface area contributed by atoms with Crippen LogP contribution in [0.2, 0.25) is 0 Å². The number of hydrogen-bond acceptors (Lipinski definition) is 4. The quantitative estimate of drug-likeness (QED) is 0.524. The fourth-order valence-corrected chi connectivity index (χ4v) is 0.348. The van der Waals surface area contributed by atoms with Crippen LogP contribution < -0.4 is 0 Å². The van der Waals surface area contributed by atoms with Crippen LogP contribution in [0, 0.1) is 0 Å². The number of rotatable bonds is 2. The van der Waals surface area contributed by atoms with Crippen LogP contribution >= 0.6 is 0 Å². The summed E-state index contributed by atoms with van der Waals surface area (Å²) in [6.45, 7) is 9.91. The van der Waals surface area contributed by atoms with Crippen LogP contribution in [0.1, 0.15) is 21.3 Å². The number of esters is 2. The zero-order chi connectivity index (χ0) is 11.7. The summed E-state index contributed by atoms with van der Waals surface area (Å²) >= 11 is 0. The van der Waals surface area contributed by atoms with Crippen molar-refractivity contribution in [2.45, 2.75) is 21.3 Å². The minimum Gasteiger partial charge on any atom is -0.466 e. The van der Waals surface area contributed by atoms with Crippen molar-refractivity contribution in [2.24, 2.45) is 0 Å². The first-order chi connectivity index (χ1) is 6.36. The molecule has 0 fully saturated rings. The summed E-state index contributed by atoms with van der Waals surface area (Å²) < 4.78 is 8.55.